The molecule has 28 heavy (non-hydrogen) atoms. The van der Waals surface area contributed by atoms with Gasteiger partial charge in [0.05, 0.1) is 5.75 Å². The molecule has 1 aliphatic rings. The maximum Gasteiger partial charge on any atom is 0.573 e. The number of anilines is 2. The van der Waals surface area contributed by atoms with Crippen molar-refractivity contribution < 1.29 is 22.7 Å². The molecule has 2 aromatic rings. The van der Waals surface area contributed by atoms with E-state index in [9.17, 15) is 18.0 Å². The number of thioether (sulfide) groups is 1. The molecule has 1 saturated heterocycles. The normalized spacial score (nSPS) is 15.5. The summed E-state index contributed by atoms with van der Waals surface area (Å²) in [4.78, 5) is 16.5. The Hall–Kier alpha value is -2.05. The number of amides is 1. The van der Waals surface area contributed by atoms with Crippen LogP contribution in [-0.4, -0.2) is 66.3 Å². The smallest absolute Gasteiger partial charge is 0.406 e. The number of nitrogens with zero attached hydrogens (tertiary/aromatic N) is 4. The van der Waals surface area contributed by atoms with Gasteiger partial charge in [0.25, 0.3) is 0 Å². The van der Waals surface area contributed by atoms with Gasteiger partial charge in [-0.05, 0) is 31.3 Å². The summed E-state index contributed by atoms with van der Waals surface area (Å²) >= 11 is 2.71. The first kappa shape index (κ1) is 20.7. The number of aromatic nitrogens is 2. The van der Waals surface area contributed by atoms with Gasteiger partial charge in [0, 0.05) is 31.9 Å². The molecule has 1 amide bonds. The summed E-state index contributed by atoms with van der Waals surface area (Å²) in [6.07, 6.45) is -4.74. The van der Waals surface area contributed by atoms with Crippen LogP contribution >= 0.6 is 23.1 Å². The van der Waals surface area contributed by atoms with Gasteiger partial charge >= 0.3 is 6.36 Å². The van der Waals surface area contributed by atoms with Gasteiger partial charge in [-0.2, -0.15) is 0 Å². The first-order chi connectivity index (χ1) is 13.3. The Bertz CT molecular complexity index is 792. The second kappa shape index (κ2) is 8.97. The van der Waals surface area contributed by atoms with Crippen molar-refractivity contribution in [3.05, 3.63) is 24.3 Å². The van der Waals surface area contributed by atoms with Crippen molar-refractivity contribution in [2.45, 2.75) is 10.7 Å². The predicted molar refractivity (Wildman–Crippen MR) is 102 cm³/mol. The minimum Gasteiger partial charge on any atom is -0.406 e. The Morgan fingerprint density at radius 2 is 1.89 bits per heavy atom. The van der Waals surface area contributed by atoms with Crippen molar-refractivity contribution in [3.8, 4) is 5.75 Å². The van der Waals surface area contributed by atoms with Gasteiger partial charge in [-0.1, -0.05) is 23.1 Å². The monoisotopic (exact) mass is 433 g/mol. The molecular weight excluding hydrogens is 415 g/mol. The Morgan fingerprint density at radius 1 is 1.21 bits per heavy atom. The molecule has 1 N–H and O–H groups in total. The van der Waals surface area contributed by atoms with Gasteiger partial charge in [-0.25, -0.2) is 0 Å². The summed E-state index contributed by atoms with van der Waals surface area (Å²) in [5.41, 5.74) is 0.385. The van der Waals surface area contributed by atoms with Crippen molar-refractivity contribution in [2.75, 3.05) is 49.2 Å². The summed E-state index contributed by atoms with van der Waals surface area (Å²) in [5, 5.41) is 11.8. The number of halogens is 3. The highest BCUT2D eigenvalue weighted by atomic mass is 32.2. The summed E-state index contributed by atoms with van der Waals surface area (Å²) in [5.74, 6) is -0.506. The summed E-state index contributed by atoms with van der Waals surface area (Å²) in [6, 6.07) is 4.98. The van der Waals surface area contributed by atoms with E-state index in [0.29, 0.717) is 10.0 Å². The molecule has 0 spiro atoms. The third kappa shape index (κ3) is 6.24. The van der Waals surface area contributed by atoms with Gasteiger partial charge in [0.15, 0.2) is 4.34 Å². The lowest BCUT2D eigenvalue weighted by atomic mass is 10.3. The van der Waals surface area contributed by atoms with Crippen molar-refractivity contribution in [2.24, 2.45) is 0 Å². The highest BCUT2D eigenvalue weighted by Gasteiger charge is 2.31. The van der Waals surface area contributed by atoms with E-state index < -0.39 is 6.36 Å². The van der Waals surface area contributed by atoms with E-state index >= 15 is 0 Å². The van der Waals surface area contributed by atoms with Crippen molar-refractivity contribution in [1.82, 2.24) is 15.1 Å². The SMILES string of the molecule is CN1CCN(c2nnc(SCC(=O)Nc3ccc(OC(F)(F)F)cc3)s2)CC1. The van der Waals surface area contributed by atoms with E-state index in [0.717, 1.165) is 43.4 Å². The number of carbonyl (C=O) groups is 1. The van der Waals surface area contributed by atoms with E-state index in [1.54, 1.807) is 0 Å². The highest BCUT2D eigenvalue weighted by Crippen LogP contribution is 2.29. The van der Waals surface area contributed by atoms with E-state index in [1.807, 2.05) is 0 Å². The molecule has 1 fully saturated rings. The number of hydrogen-bond acceptors (Lipinski definition) is 8. The summed E-state index contributed by atoms with van der Waals surface area (Å²) < 4.78 is 40.9. The molecule has 0 aliphatic carbocycles. The fourth-order valence-electron chi connectivity index (χ4n) is 2.45. The van der Waals surface area contributed by atoms with E-state index in [2.05, 4.69) is 37.1 Å². The lowest BCUT2D eigenvalue weighted by molar-refractivity contribution is -0.274. The average Bonchev–Trinajstić information content (AvgIpc) is 3.10. The van der Waals surface area contributed by atoms with E-state index in [4.69, 9.17) is 0 Å². The number of likely N-dealkylation sites (N-methyl/N-ethyl adjacent to an activating group) is 1. The Balaban J connectivity index is 1.45. The molecule has 1 aromatic heterocycles. The van der Waals surface area contributed by atoms with Crippen molar-refractivity contribution in [1.29, 1.82) is 0 Å². The molecule has 3 rings (SSSR count). The predicted octanol–water partition coefficient (Wildman–Crippen LogP) is 2.92. The summed E-state index contributed by atoms with van der Waals surface area (Å²) in [6.45, 7) is 3.73. The molecule has 7 nitrogen and oxygen atoms in total. The lowest BCUT2D eigenvalue weighted by Gasteiger charge is -2.31. The Morgan fingerprint density at radius 3 is 2.54 bits per heavy atom. The number of piperazine rings is 1. The van der Waals surface area contributed by atoms with Crippen molar-refractivity contribution in [3.63, 3.8) is 0 Å². The zero-order chi connectivity index (χ0) is 20.1. The molecule has 0 unspecified atom stereocenters. The molecule has 12 heteroatoms. The molecule has 152 valence electrons. The average molecular weight is 433 g/mol. The topological polar surface area (TPSA) is 70.6 Å². The van der Waals surface area contributed by atoms with E-state index in [-0.39, 0.29) is 17.4 Å². The standard InChI is InChI=1S/C16H18F3N5O2S2/c1-23-6-8-24(9-7-23)14-21-22-15(28-14)27-10-13(25)20-11-2-4-12(5-3-11)26-16(17,18)19/h2-5H,6-10H2,1H3,(H,20,25). The number of rotatable bonds is 6. The molecule has 0 radical (unpaired) electrons. The number of benzene rings is 1. The second-order valence-electron chi connectivity index (χ2n) is 6.05. The lowest BCUT2D eigenvalue weighted by Crippen LogP contribution is -2.44. The molecule has 0 atom stereocenters. The zero-order valence-electron chi connectivity index (χ0n) is 14.9. The van der Waals surface area contributed by atoms with Crippen LogP contribution in [0.15, 0.2) is 28.6 Å². The van der Waals surface area contributed by atoms with Crippen LogP contribution in [0, 0.1) is 0 Å². The van der Waals surface area contributed by atoms with Gasteiger partial charge in [-0.15, -0.1) is 23.4 Å². The number of carbonyl (C=O) groups excluding carboxylic acids is 1. The first-order valence-electron chi connectivity index (χ1n) is 8.34. The van der Waals surface area contributed by atoms with E-state index in [1.165, 1.54) is 35.2 Å². The Kier molecular flexibility index (Phi) is 6.62. The van der Waals surface area contributed by atoms with Crippen LogP contribution in [0.5, 0.6) is 5.75 Å². The summed E-state index contributed by atoms with van der Waals surface area (Å²) in [7, 11) is 2.08. The fraction of sp³-hybridized carbons (Fsp3) is 0.438. The van der Waals surface area contributed by atoms with Gasteiger partial charge in [-0.3, -0.25) is 4.79 Å². The number of alkyl halides is 3. The largest absolute Gasteiger partial charge is 0.573 e. The van der Waals surface area contributed by atoms with Crippen LogP contribution in [0.4, 0.5) is 24.0 Å². The molecule has 2 heterocycles. The maximum absolute atomic E-state index is 12.1. The third-order valence-electron chi connectivity index (χ3n) is 3.87. The highest BCUT2D eigenvalue weighted by molar-refractivity contribution is 8.01. The van der Waals surface area contributed by atoms with Crippen LogP contribution < -0.4 is 15.0 Å². The van der Waals surface area contributed by atoms with Crippen LogP contribution in [0.3, 0.4) is 0 Å². The second-order valence-corrected chi connectivity index (χ2v) is 8.23. The molecular formula is C16H18F3N5O2S2. The number of ether oxygens (including phenoxy) is 1. The van der Waals surface area contributed by atoms with Gasteiger partial charge in [0.2, 0.25) is 11.0 Å². The molecule has 1 aromatic carbocycles. The zero-order valence-corrected chi connectivity index (χ0v) is 16.5. The number of hydrogen-bond donors (Lipinski definition) is 1. The van der Waals surface area contributed by atoms with Crippen LogP contribution in [-0.2, 0) is 4.79 Å². The minimum absolute atomic E-state index is 0.123. The Labute approximate surface area is 167 Å². The number of nitrogens with one attached hydrogen (secondary N) is 1. The van der Waals surface area contributed by atoms with Gasteiger partial charge < -0.3 is 19.9 Å². The van der Waals surface area contributed by atoms with Crippen LogP contribution in [0.25, 0.3) is 0 Å². The minimum atomic E-state index is -4.74. The quantitative estimate of drug-likeness (QED) is 0.703. The molecule has 0 saturated carbocycles. The van der Waals surface area contributed by atoms with Crippen molar-refractivity contribution >= 4 is 39.8 Å². The van der Waals surface area contributed by atoms with Gasteiger partial charge in [0.1, 0.15) is 5.75 Å². The van der Waals surface area contributed by atoms with Crippen LogP contribution in [0.2, 0.25) is 0 Å². The third-order valence-corrected chi connectivity index (χ3v) is 5.99. The van der Waals surface area contributed by atoms with Crippen LogP contribution in [0.1, 0.15) is 0 Å². The first-order valence-corrected chi connectivity index (χ1v) is 10.1. The fourth-order valence-corrected chi connectivity index (χ4v) is 4.14. The maximum atomic E-state index is 12.1. The molecule has 0 bridgehead atoms. The molecule has 1 aliphatic heterocycles.